The minimum absolute atomic E-state index is 0.153. The van der Waals surface area contributed by atoms with Gasteiger partial charge in [0.25, 0.3) is 5.91 Å². The molecule has 0 aromatic heterocycles. The van der Waals surface area contributed by atoms with Crippen LogP contribution in [-0.4, -0.2) is 27.2 Å². The van der Waals surface area contributed by atoms with E-state index in [9.17, 15) is 4.79 Å². The normalized spacial score (nSPS) is 14.3. The smallest absolute Gasteiger partial charge is 0.256 e. The van der Waals surface area contributed by atoms with E-state index in [1.807, 2.05) is 24.3 Å². The Labute approximate surface area is 148 Å². The van der Waals surface area contributed by atoms with Crippen molar-refractivity contribution < 1.29 is 19.0 Å². The summed E-state index contributed by atoms with van der Waals surface area (Å²) in [5.74, 6) is 1.42. The van der Waals surface area contributed by atoms with E-state index in [2.05, 4.69) is 21.2 Å². The van der Waals surface area contributed by atoms with E-state index in [1.165, 1.54) is 0 Å². The fourth-order valence-electron chi connectivity index (χ4n) is 2.70. The Kier molecular flexibility index (Phi) is 4.49. The molecule has 2 aromatic rings. The van der Waals surface area contributed by atoms with Gasteiger partial charge in [0.15, 0.2) is 11.5 Å². The molecule has 1 heterocycles. The van der Waals surface area contributed by atoms with Gasteiger partial charge in [-0.3, -0.25) is 4.79 Å². The Morgan fingerprint density at radius 3 is 2.42 bits per heavy atom. The fraction of sp³-hybridized carbons (Fsp3) is 0.167. The summed E-state index contributed by atoms with van der Waals surface area (Å²) in [4.78, 5) is 12.3. The van der Waals surface area contributed by atoms with Gasteiger partial charge in [-0.2, -0.15) is 0 Å². The number of carbonyl (C=O) groups excluding carboxylic acids is 1. The third kappa shape index (κ3) is 2.73. The van der Waals surface area contributed by atoms with Crippen molar-refractivity contribution in [2.45, 2.75) is 0 Å². The van der Waals surface area contributed by atoms with Gasteiger partial charge in [-0.1, -0.05) is 15.9 Å². The van der Waals surface area contributed by atoms with E-state index in [-0.39, 0.29) is 5.91 Å². The molecule has 2 aromatic carbocycles. The van der Waals surface area contributed by atoms with Crippen molar-refractivity contribution in [3.05, 3.63) is 45.9 Å². The van der Waals surface area contributed by atoms with Crippen molar-refractivity contribution in [1.82, 2.24) is 0 Å². The lowest BCUT2D eigenvalue weighted by atomic mass is 10.0. The van der Waals surface area contributed by atoms with E-state index in [0.29, 0.717) is 22.8 Å². The maximum atomic E-state index is 12.3. The highest BCUT2D eigenvalue weighted by molar-refractivity contribution is 9.10. The number of carbonyl (C=O) groups is 1. The molecule has 0 bridgehead atoms. The first-order chi connectivity index (χ1) is 11.6. The number of benzene rings is 2. The highest BCUT2D eigenvalue weighted by Gasteiger charge is 2.25. The largest absolute Gasteiger partial charge is 0.493 e. The van der Waals surface area contributed by atoms with Gasteiger partial charge in [0.1, 0.15) is 0 Å². The molecule has 0 atom stereocenters. The summed E-state index contributed by atoms with van der Waals surface area (Å²) in [5, 5.41) is 2.86. The molecule has 3 rings (SSSR count). The van der Waals surface area contributed by atoms with E-state index >= 15 is 0 Å². The highest BCUT2D eigenvalue weighted by Crippen LogP contribution is 2.42. The van der Waals surface area contributed by atoms with Gasteiger partial charge in [0.2, 0.25) is 5.75 Å². The maximum absolute atomic E-state index is 12.3. The van der Waals surface area contributed by atoms with E-state index in [1.54, 1.807) is 33.5 Å². The molecular weight excluding hydrogens is 374 g/mol. The molecule has 0 aliphatic carbocycles. The molecule has 0 saturated heterocycles. The van der Waals surface area contributed by atoms with Crippen LogP contribution in [0.5, 0.6) is 17.2 Å². The number of amides is 1. The number of fused-ring (bicyclic) bond motifs is 1. The molecule has 1 N–H and O–H groups in total. The zero-order chi connectivity index (χ0) is 17.3. The summed E-state index contributed by atoms with van der Waals surface area (Å²) in [6, 6.07) is 9.27. The maximum Gasteiger partial charge on any atom is 0.256 e. The number of nitrogens with one attached hydrogen (secondary N) is 1. The zero-order valence-corrected chi connectivity index (χ0v) is 15.1. The summed E-state index contributed by atoms with van der Waals surface area (Å²) in [5.41, 5.74) is 2.92. The molecule has 6 heteroatoms. The molecule has 124 valence electrons. The average Bonchev–Trinajstić information content (AvgIpc) is 2.89. The first kappa shape index (κ1) is 16.4. The average molecular weight is 390 g/mol. The number of rotatable bonds is 4. The number of methoxy groups -OCH3 is 3. The summed E-state index contributed by atoms with van der Waals surface area (Å²) >= 11 is 3.44. The van der Waals surface area contributed by atoms with E-state index in [4.69, 9.17) is 14.2 Å². The molecule has 24 heavy (non-hydrogen) atoms. The molecule has 0 spiro atoms. The molecule has 0 radical (unpaired) electrons. The van der Waals surface area contributed by atoms with Gasteiger partial charge in [0, 0.05) is 26.9 Å². The SMILES string of the molecule is COc1ccc(/C=C2\C(=O)Nc3ccc(Br)cc32)c(OC)c1OC. The van der Waals surface area contributed by atoms with Gasteiger partial charge in [-0.15, -0.1) is 0 Å². The standard InChI is InChI=1S/C18H16BrNO4/c1-22-15-7-4-10(16(23-2)17(15)24-3)8-13-12-9-11(19)5-6-14(12)20-18(13)21/h4-9H,1-3H3,(H,20,21)/b13-8-. The Bertz CT molecular complexity index is 845. The summed E-state index contributed by atoms with van der Waals surface area (Å²) in [6.07, 6.45) is 1.79. The molecular formula is C18H16BrNO4. The van der Waals surface area contributed by atoms with E-state index < -0.39 is 0 Å². The van der Waals surface area contributed by atoms with Crippen LogP contribution in [0.2, 0.25) is 0 Å². The van der Waals surface area contributed by atoms with Crippen molar-refractivity contribution in [3.8, 4) is 17.2 Å². The summed E-state index contributed by atoms with van der Waals surface area (Å²) in [7, 11) is 4.66. The quantitative estimate of drug-likeness (QED) is 0.803. The van der Waals surface area contributed by atoms with Crippen LogP contribution >= 0.6 is 15.9 Å². The lowest BCUT2D eigenvalue weighted by Gasteiger charge is -2.14. The molecule has 1 aliphatic heterocycles. The number of halogens is 1. The second-order valence-electron chi connectivity index (χ2n) is 5.13. The Hall–Kier alpha value is -2.47. The van der Waals surface area contributed by atoms with Gasteiger partial charge in [-0.25, -0.2) is 0 Å². The molecule has 5 nitrogen and oxygen atoms in total. The highest BCUT2D eigenvalue weighted by atomic mass is 79.9. The summed E-state index contributed by atoms with van der Waals surface area (Å²) in [6.45, 7) is 0. The van der Waals surface area contributed by atoms with Crippen LogP contribution in [-0.2, 0) is 4.79 Å². The predicted octanol–water partition coefficient (Wildman–Crippen LogP) is 3.97. The molecule has 0 fully saturated rings. The van der Waals surface area contributed by atoms with Gasteiger partial charge < -0.3 is 19.5 Å². The minimum Gasteiger partial charge on any atom is -0.493 e. The van der Waals surface area contributed by atoms with Crippen LogP contribution in [0, 0.1) is 0 Å². The molecule has 0 saturated carbocycles. The van der Waals surface area contributed by atoms with Crippen molar-refractivity contribution in [1.29, 1.82) is 0 Å². The topological polar surface area (TPSA) is 56.8 Å². The second kappa shape index (κ2) is 6.57. The van der Waals surface area contributed by atoms with Crippen LogP contribution in [0.4, 0.5) is 5.69 Å². The first-order valence-electron chi connectivity index (χ1n) is 7.21. The Morgan fingerprint density at radius 1 is 1.00 bits per heavy atom. The number of hydrogen-bond donors (Lipinski definition) is 1. The predicted molar refractivity (Wildman–Crippen MR) is 96.7 cm³/mol. The van der Waals surface area contributed by atoms with E-state index in [0.717, 1.165) is 21.3 Å². The van der Waals surface area contributed by atoms with Crippen molar-refractivity contribution in [2.24, 2.45) is 0 Å². The first-order valence-corrected chi connectivity index (χ1v) is 8.00. The van der Waals surface area contributed by atoms with Crippen LogP contribution in [0.3, 0.4) is 0 Å². The van der Waals surface area contributed by atoms with Crippen molar-refractivity contribution in [2.75, 3.05) is 26.6 Å². The molecule has 1 amide bonds. The van der Waals surface area contributed by atoms with Gasteiger partial charge in [-0.05, 0) is 36.4 Å². The van der Waals surface area contributed by atoms with Crippen LogP contribution < -0.4 is 19.5 Å². The van der Waals surface area contributed by atoms with Crippen molar-refractivity contribution in [3.63, 3.8) is 0 Å². The zero-order valence-electron chi connectivity index (χ0n) is 13.5. The monoisotopic (exact) mass is 389 g/mol. The van der Waals surface area contributed by atoms with Crippen LogP contribution in [0.25, 0.3) is 11.6 Å². The lowest BCUT2D eigenvalue weighted by Crippen LogP contribution is -2.04. The van der Waals surface area contributed by atoms with Crippen LogP contribution in [0.15, 0.2) is 34.8 Å². The van der Waals surface area contributed by atoms with Gasteiger partial charge in [0.05, 0.1) is 21.3 Å². The number of hydrogen-bond acceptors (Lipinski definition) is 4. The Morgan fingerprint density at radius 2 is 1.75 bits per heavy atom. The number of ether oxygens (including phenoxy) is 3. The van der Waals surface area contributed by atoms with Gasteiger partial charge >= 0.3 is 0 Å². The Balaban J connectivity index is 2.16. The third-order valence-corrected chi connectivity index (χ3v) is 4.29. The minimum atomic E-state index is -0.153. The molecule has 0 unspecified atom stereocenters. The lowest BCUT2D eigenvalue weighted by molar-refractivity contribution is -0.110. The summed E-state index contributed by atoms with van der Waals surface area (Å²) < 4.78 is 17.1. The second-order valence-corrected chi connectivity index (χ2v) is 6.04. The molecule has 1 aliphatic rings. The third-order valence-electron chi connectivity index (χ3n) is 3.80. The fourth-order valence-corrected chi connectivity index (χ4v) is 3.06. The van der Waals surface area contributed by atoms with Crippen LogP contribution in [0.1, 0.15) is 11.1 Å². The number of anilines is 1. The van der Waals surface area contributed by atoms with Crippen molar-refractivity contribution >= 4 is 39.2 Å².